The molecule has 0 aromatic carbocycles. The largest absolute Gasteiger partial charge is 0.353 e. The van der Waals surface area contributed by atoms with Crippen LogP contribution in [0.1, 0.15) is 25.0 Å². The second-order valence-electron chi connectivity index (χ2n) is 9.45. The molecule has 1 aliphatic rings. The zero-order chi connectivity index (χ0) is 24.9. The van der Waals surface area contributed by atoms with Crippen LogP contribution >= 0.6 is 0 Å². The summed E-state index contributed by atoms with van der Waals surface area (Å²) in [7, 11) is 0. The van der Waals surface area contributed by atoms with Gasteiger partial charge in [0.25, 0.3) is 0 Å². The molecule has 1 amide bonds. The van der Waals surface area contributed by atoms with Crippen molar-refractivity contribution in [3.05, 3.63) is 67.1 Å². The number of rotatable bonds is 5. The van der Waals surface area contributed by atoms with Gasteiger partial charge in [-0.05, 0) is 50.1 Å². The third-order valence-electron chi connectivity index (χ3n) is 6.92. The number of aromatic nitrogens is 8. The molecule has 7 rings (SSSR count). The third-order valence-corrected chi connectivity index (χ3v) is 6.92. The Labute approximate surface area is 211 Å². The molecule has 3 N–H and O–H groups in total. The quantitative estimate of drug-likeness (QED) is 0.319. The molecule has 0 saturated heterocycles. The molecule has 6 aromatic heterocycles. The van der Waals surface area contributed by atoms with Crippen molar-refractivity contribution in [1.29, 1.82) is 0 Å². The highest BCUT2D eigenvalue weighted by atomic mass is 16.1. The van der Waals surface area contributed by atoms with Crippen molar-refractivity contribution in [1.82, 2.24) is 39.7 Å². The van der Waals surface area contributed by atoms with Crippen LogP contribution in [0.25, 0.3) is 50.4 Å². The van der Waals surface area contributed by atoms with Gasteiger partial charge in [0.05, 0.1) is 40.0 Å². The lowest BCUT2D eigenvalue weighted by Gasteiger charge is -2.24. The Morgan fingerprint density at radius 3 is 2.84 bits per heavy atom. The summed E-state index contributed by atoms with van der Waals surface area (Å²) in [6.45, 7) is 1.95. The number of carbonyl (C=O) groups excluding carboxylic acids is 1. The van der Waals surface area contributed by atoms with Gasteiger partial charge in [0, 0.05) is 35.5 Å². The van der Waals surface area contributed by atoms with Gasteiger partial charge >= 0.3 is 0 Å². The first-order valence-electron chi connectivity index (χ1n) is 12.2. The van der Waals surface area contributed by atoms with E-state index in [-0.39, 0.29) is 11.8 Å². The van der Waals surface area contributed by atoms with Gasteiger partial charge in [-0.25, -0.2) is 15.0 Å². The van der Waals surface area contributed by atoms with E-state index in [1.807, 2.05) is 48.0 Å². The number of anilines is 1. The molecular weight excluding hydrogens is 466 g/mol. The molecule has 1 fully saturated rings. The molecule has 0 bridgehead atoms. The molecule has 1 aliphatic carbocycles. The van der Waals surface area contributed by atoms with Crippen LogP contribution < -0.4 is 5.32 Å². The summed E-state index contributed by atoms with van der Waals surface area (Å²) < 4.78 is 1.91. The van der Waals surface area contributed by atoms with E-state index in [4.69, 9.17) is 4.98 Å². The fraction of sp³-hybridized carbons (Fsp3) is 0.185. The zero-order valence-electron chi connectivity index (χ0n) is 20.1. The maximum atomic E-state index is 12.4. The summed E-state index contributed by atoms with van der Waals surface area (Å²) >= 11 is 0. The highest BCUT2D eigenvalue weighted by molar-refractivity contribution is 5.97. The maximum Gasteiger partial charge on any atom is 0.227 e. The minimum atomic E-state index is 0.0595. The lowest BCUT2D eigenvalue weighted by Crippen LogP contribution is -2.28. The molecule has 0 spiro atoms. The monoisotopic (exact) mass is 489 g/mol. The smallest absolute Gasteiger partial charge is 0.227 e. The van der Waals surface area contributed by atoms with E-state index in [2.05, 4.69) is 35.5 Å². The molecule has 10 nitrogen and oxygen atoms in total. The fourth-order valence-electron chi connectivity index (χ4n) is 4.72. The molecule has 0 atom stereocenters. The van der Waals surface area contributed by atoms with E-state index >= 15 is 0 Å². The number of nitrogens with one attached hydrogen (secondary N) is 3. The summed E-state index contributed by atoms with van der Waals surface area (Å²) in [5.41, 5.74) is 7.20. The Kier molecular flexibility index (Phi) is 4.85. The second kappa shape index (κ2) is 8.37. The number of fused-ring (bicyclic) bond motifs is 2. The number of nitrogens with zero attached hydrogens (tertiary/aromatic N) is 6. The van der Waals surface area contributed by atoms with Gasteiger partial charge in [-0.1, -0.05) is 6.42 Å². The zero-order valence-corrected chi connectivity index (χ0v) is 20.1. The lowest BCUT2D eigenvalue weighted by atomic mass is 9.85. The van der Waals surface area contributed by atoms with E-state index in [0.717, 1.165) is 69.7 Å². The number of carbonyl (C=O) groups is 1. The summed E-state index contributed by atoms with van der Waals surface area (Å²) in [4.78, 5) is 34.0. The Hall–Kier alpha value is -4.86. The number of hydrogen-bond acceptors (Lipinski definition) is 6. The number of hydrogen-bond donors (Lipinski definition) is 3. The fourth-order valence-corrected chi connectivity index (χ4v) is 4.72. The average Bonchev–Trinajstić information content (AvgIpc) is 3.60. The van der Waals surface area contributed by atoms with Crippen LogP contribution in [-0.4, -0.2) is 45.6 Å². The Morgan fingerprint density at radius 2 is 2.03 bits per heavy atom. The molecule has 37 heavy (non-hydrogen) atoms. The van der Waals surface area contributed by atoms with Gasteiger partial charge in [-0.2, -0.15) is 5.10 Å². The predicted octanol–water partition coefficient (Wildman–Crippen LogP) is 4.80. The van der Waals surface area contributed by atoms with Crippen molar-refractivity contribution in [3.63, 3.8) is 0 Å². The first-order chi connectivity index (χ1) is 18.1. The summed E-state index contributed by atoms with van der Waals surface area (Å²) in [6.07, 6.45) is 11.9. The van der Waals surface area contributed by atoms with Crippen molar-refractivity contribution < 1.29 is 4.79 Å². The number of aryl methyl sites for hydroxylation is 1. The first kappa shape index (κ1) is 21.4. The van der Waals surface area contributed by atoms with Crippen LogP contribution in [0.4, 0.5) is 5.69 Å². The first-order valence-corrected chi connectivity index (χ1v) is 12.2. The second-order valence-corrected chi connectivity index (χ2v) is 9.45. The summed E-state index contributed by atoms with van der Waals surface area (Å²) in [5, 5.41) is 11.6. The highest BCUT2D eigenvalue weighted by Crippen LogP contribution is 2.32. The van der Waals surface area contributed by atoms with Gasteiger partial charge in [0.15, 0.2) is 0 Å². The molecule has 6 aromatic rings. The van der Waals surface area contributed by atoms with Crippen molar-refractivity contribution in [2.45, 2.75) is 26.2 Å². The Morgan fingerprint density at radius 1 is 1.11 bits per heavy atom. The molecule has 182 valence electrons. The standard InChI is InChI=1S/C27H23N9O/c1-15-13-36(14-30-15)26-19-10-23(32-21(19)7-8-29-26)25-24-22(34-35-25)6-5-20(33-24)17-9-18(12-28-11-17)31-27(37)16-3-2-4-16/h5-14,16,32H,2-4H2,1H3,(H,31,37)(H,34,35). The normalized spacial score (nSPS) is 13.8. The SMILES string of the molecule is Cc1cn(-c2nccc3[nH]c(-c4n[nH]c5ccc(-c6cncc(NC(=O)C7CCC7)c6)nc45)cc23)cn1. The van der Waals surface area contributed by atoms with E-state index in [9.17, 15) is 4.79 Å². The number of H-pyrrole nitrogens is 2. The topological polar surface area (TPSA) is 130 Å². The van der Waals surface area contributed by atoms with Crippen LogP contribution in [0.3, 0.4) is 0 Å². The highest BCUT2D eigenvalue weighted by Gasteiger charge is 2.25. The number of pyridine rings is 3. The third kappa shape index (κ3) is 3.74. The minimum Gasteiger partial charge on any atom is -0.353 e. The summed E-state index contributed by atoms with van der Waals surface area (Å²) in [5.74, 6) is 0.960. The van der Waals surface area contributed by atoms with Crippen molar-refractivity contribution in [2.24, 2.45) is 5.92 Å². The molecule has 10 heteroatoms. The number of amides is 1. The van der Waals surface area contributed by atoms with Gasteiger partial charge in [-0.15, -0.1) is 0 Å². The van der Waals surface area contributed by atoms with E-state index in [1.54, 1.807) is 24.9 Å². The Bertz CT molecular complexity index is 1790. The van der Waals surface area contributed by atoms with Crippen LogP contribution in [0.15, 0.2) is 61.4 Å². The van der Waals surface area contributed by atoms with Gasteiger partial charge in [-0.3, -0.25) is 19.4 Å². The van der Waals surface area contributed by atoms with E-state index in [0.29, 0.717) is 11.4 Å². The maximum absolute atomic E-state index is 12.4. The van der Waals surface area contributed by atoms with Crippen LogP contribution in [0.5, 0.6) is 0 Å². The van der Waals surface area contributed by atoms with Gasteiger partial charge < -0.3 is 10.3 Å². The van der Waals surface area contributed by atoms with Gasteiger partial charge in [0.2, 0.25) is 5.91 Å². The number of imidazole rings is 1. The predicted molar refractivity (Wildman–Crippen MR) is 140 cm³/mol. The molecule has 0 radical (unpaired) electrons. The van der Waals surface area contributed by atoms with E-state index < -0.39 is 0 Å². The molecule has 1 saturated carbocycles. The lowest BCUT2D eigenvalue weighted by molar-refractivity contribution is -0.122. The molecule has 6 heterocycles. The average molecular weight is 490 g/mol. The van der Waals surface area contributed by atoms with Crippen LogP contribution in [0.2, 0.25) is 0 Å². The van der Waals surface area contributed by atoms with E-state index in [1.165, 1.54) is 0 Å². The molecule has 0 aliphatic heterocycles. The summed E-state index contributed by atoms with van der Waals surface area (Å²) in [6, 6.07) is 9.76. The van der Waals surface area contributed by atoms with Gasteiger partial charge in [0.1, 0.15) is 23.4 Å². The van der Waals surface area contributed by atoms with Crippen LogP contribution in [0, 0.1) is 12.8 Å². The van der Waals surface area contributed by atoms with Crippen molar-refractivity contribution in [2.75, 3.05) is 5.32 Å². The number of aromatic amines is 2. The molecular formula is C27H23N9O. The van der Waals surface area contributed by atoms with Crippen LogP contribution in [-0.2, 0) is 4.79 Å². The van der Waals surface area contributed by atoms with Crippen molar-refractivity contribution in [3.8, 4) is 28.5 Å². The van der Waals surface area contributed by atoms with Crippen molar-refractivity contribution >= 4 is 33.5 Å². The molecule has 0 unspecified atom stereocenters. The minimum absolute atomic E-state index is 0.0595. The Balaban J connectivity index is 1.26.